The van der Waals surface area contributed by atoms with Gasteiger partial charge in [0.1, 0.15) is 5.56 Å². The number of nitrogen functional groups attached to an aromatic ring is 1. The van der Waals surface area contributed by atoms with Gasteiger partial charge in [0, 0.05) is 25.5 Å². The number of nitrogens with zero attached hydrogens (tertiary/aromatic N) is 1. The van der Waals surface area contributed by atoms with E-state index in [-0.39, 0.29) is 16.9 Å². The molecule has 2 rings (SSSR count). The summed E-state index contributed by atoms with van der Waals surface area (Å²) in [5, 5.41) is 2.93. The van der Waals surface area contributed by atoms with E-state index in [0.717, 1.165) is 31.3 Å². The molecule has 0 atom stereocenters. The topological polar surface area (TPSA) is 77.1 Å². The van der Waals surface area contributed by atoms with Gasteiger partial charge in [-0.1, -0.05) is 25.8 Å². The highest BCUT2D eigenvalue weighted by Crippen LogP contribution is 2.19. The summed E-state index contributed by atoms with van der Waals surface area (Å²) >= 11 is 0. The number of carbonyl (C=O) groups excluding carboxylic acids is 1. The number of nitrogens with two attached hydrogens (primary N) is 1. The Bertz CT molecular complexity index is 719. The van der Waals surface area contributed by atoms with Crippen molar-refractivity contribution in [3.63, 3.8) is 0 Å². The number of carbonyl (C=O) groups is 1. The number of aryl methyl sites for hydroxylation is 1. The SMILES string of the molecule is CCCCCn1cc(C(=O)NC)c(=O)c2c(N)cccc21. The first-order valence-corrected chi connectivity index (χ1v) is 7.23. The van der Waals surface area contributed by atoms with E-state index in [4.69, 9.17) is 5.73 Å². The smallest absolute Gasteiger partial charge is 0.256 e. The zero-order chi connectivity index (χ0) is 15.4. The van der Waals surface area contributed by atoms with Gasteiger partial charge in [-0.3, -0.25) is 9.59 Å². The number of benzene rings is 1. The summed E-state index contributed by atoms with van der Waals surface area (Å²) in [4.78, 5) is 24.4. The molecule has 0 radical (unpaired) electrons. The molecule has 5 heteroatoms. The second kappa shape index (κ2) is 6.43. The van der Waals surface area contributed by atoms with Gasteiger partial charge in [0.05, 0.1) is 10.9 Å². The van der Waals surface area contributed by atoms with Gasteiger partial charge in [-0.05, 0) is 18.6 Å². The Morgan fingerprint density at radius 2 is 2.10 bits per heavy atom. The van der Waals surface area contributed by atoms with Crippen molar-refractivity contribution >= 4 is 22.5 Å². The molecular weight excluding hydrogens is 266 g/mol. The molecule has 1 aromatic heterocycles. The van der Waals surface area contributed by atoms with E-state index in [1.165, 1.54) is 7.05 Å². The molecule has 0 fully saturated rings. The van der Waals surface area contributed by atoms with Crippen molar-refractivity contribution in [2.45, 2.75) is 32.7 Å². The van der Waals surface area contributed by atoms with E-state index in [1.807, 2.05) is 16.7 Å². The lowest BCUT2D eigenvalue weighted by Crippen LogP contribution is -2.27. The maximum absolute atomic E-state index is 12.5. The van der Waals surface area contributed by atoms with Crippen LogP contribution >= 0.6 is 0 Å². The Morgan fingerprint density at radius 3 is 2.76 bits per heavy atom. The fraction of sp³-hybridized carbons (Fsp3) is 0.375. The monoisotopic (exact) mass is 287 g/mol. The third-order valence-electron chi connectivity index (χ3n) is 3.62. The van der Waals surface area contributed by atoms with E-state index in [0.29, 0.717) is 11.1 Å². The highest BCUT2D eigenvalue weighted by atomic mass is 16.2. The van der Waals surface area contributed by atoms with Crippen LogP contribution in [0.5, 0.6) is 0 Å². The summed E-state index contributed by atoms with van der Waals surface area (Å²) in [5.74, 6) is -0.380. The summed E-state index contributed by atoms with van der Waals surface area (Å²) in [6, 6.07) is 5.38. The van der Waals surface area contributed by atoms with Crippen molar-refractivity contribution in [3.8, 4) is 0 Å². The first kappa shape index (κ1) is 15.1. The Balaban J connectivity index is 2.66. The fourth-order valence-corrected chi connectivity index (χ4v) is 2.48. The number of hydrogen-bond acceptors (Lipinski definition) is 3. The van der Waals surface area contributed by atoms with Crippen LogP contribution in [-0.4, -0.2) is 17.5 Å². The third kappa shape index (κ3) is 2.91. The van der Waals surface area contributed by atoms with Crippen LogP contribution in [0.2, 0.25) is 0 Å². The van der Waals surface area contributed by atoms with Gasteiger partial charge in [-0.2, -0.15) is 0 Å². The molecule has 5 nitrogen and oxygen atoms in total. The number of rotatable bonds is 5. The zero-order valence-electron chi connectivity index (χ0n) is 12.5. The van der Waals surface area contributed by atoms with Crippen LogP contribution in [0.1, 0.15) is 36.5 Å². The van der Waals surface area contributed by atoms with Crippen LogP contribution in [-0.2, 0) is 6.54 Å². The van der Waals surface area contributed by atoms with E-state index in [1.54, 1.807) is 12.3 Å². The molecule has 0 spiro atoms. The van der Waals surface area contributed by atoms with Gasteiger partial charge in [0.25, 0.3) is 5.91 Å². The summed E-state index contributed by atoms with van der Waals surface area (Å²) in [6.07, 6.45) is 4.85. The second-order valence-corrected chi connectivity index (χ2v) is 5.09. The zero-order valence-corrected chi connectivity index (χ0v) is 12.5. The van der Waals surface area contributed by atoms with Crippen molar-refractivity contribution in [1.29, 1.82) is 0 Å². The fourth-order valence-electron chi connectivity index (χ4n) is 2.48. The number of unbranched alkanes of at least 4 members (excludes halogenated alkanes) is 2. The summed E-state index contributed by atoms with van der Waals surface area (Å²) < 4.78 is 1.95. The van der Waals surface area contributed by atoms with Gasteiger partial charge in [0.15, 0.2) is 0 Å². The number of nitrogens with one attached hydrogen (secondary N) is 1. The molecule has 112 valence electrons. The molecule has 1 aromatic carbocycles. The largest absolute Gasteiger partial charge is 0.398 e. The lowest BCUT2D eigenvalue weighted by molar-refractivity contribution is 0.0961. The molecule has 0 saturated heterocycles. The minimum Gasteiger partial charge on any atom is -0.398 e. The Kier molecular flexibility index (Phi) is 4.62. The van der Waals surface area contributed by atoms with Crippen molar-refractivity contribution in [2.24, 2.45) is 0 Å². The number of anilines is 1. The number of hydrogen-bond donors (Lipinski definition) is 2. The summed E-state index contributed by atoms with van der Waals surface area (Å²) in [7, 11) is 1.52. The summed E-state index contributed by atoms with van der Waals surface area (Å²) in [5.41, 5.74) is 6.96. The predicted molar refractivity (Wildman–Crippen MR) is 85.5 cm³/mol. The first-order valence-electron chi connectivity index (χ1n) is 7.23. The highest BCUT2D eigenvalue weighted by molar-refractivity contribution is 5.99. The van der Waals surface area contributed by atoms with Crippen LogP contribution in [0.3, 0.4) is 0 Å². The molecule has 2 aromatic rings. The van der Waals surface area contributed by atoms with Crippen LogP contribution in [0.4, 0.5) is 5.69 Å². The van der Waals surface area contributed by atoms with Crippen molar-refractivity contribution in [2.75, 3.05) is 12.8 Å². The Hall–Kier alpha value is -2.30. The third-order valence-corrected chi connectivity index (χ3v) is 3.62. The molecule has 0 aliphatic heterocycles. The van der Waals surface area contributed by atoms with Crippen molar-refractivity contribution < 1.29 is 4.79 Å². The van der Waals surface area contributed by atoms with Gasteiger partial charge in [-0.15, -0.1) is 0 Å². The van der Waals surface area contributed by atoms with Gasteiger partial charge >= 0.3 is 0 Å². The average Bonchev–Trinajstić information content (AvgIpc) is 2.49. The van der Waals surface area contributed by atoms with Crippen molar-refractivity contribution in [1.82, 2.24) is 9.88 Å². The minimum absolute atomic E-state index is 0.138. The predicted octanol–water partition coefficient (Wildman–Crippen LogP) is 2.13. The standard InChI is InChI=1S/C16H21N3O2/c1-3-4-5-9-19-10-11(16(21)18-2)15(20)14-12(17)7-6-8-13(14)19/h6-8,10H,3-5,9,17H2,1-2H3,(H,18,21). The minimum atomic E-state index is -0.380. The van der Waals surface area contributed by atoms with Crippen LogP contribution in [0, 0.1) is 0 Å². The average molecular weight is 287 g/mol. The van der Waals surface area contributed by atoms with Crippen LogP contribution in [0.15, 0.2) is 29.2 Å². The van der Waals surface area contributed by atoms with E-state index >= 15 is 0 Å². The number of aromatic nitrogens is 1. The van der Waals surface area contributed by atoms with E-state index in [2.05, 4.69) is 12.2 Å². The number of pyridine rings is 1. The highest BCUT2D eigenvalue weighted by Gasteiger charge is 2.15. The second-order valence-electron chi connectivity index (χ2n) is 5.09. The van der Waals surface area contributed by atoms with Crippen LogP contribution in [0.25, 0.3) is 10.9 Å². The quantitative estimate of drug-likeness (QED) is 0.653. The van der Waals surface area contributed by atoms with E-state index < -0.39 is 0 Å². The molecule has 0 aliphatic rings. The molecule has 0 saturated carbocycles. The molecular formula is C16H21N3O2. The van der Waals surface area contributed by atoms with Crippen LogP contribution < -0.4 is 16.5 Å². The Labute approximate surface area is 123 Å². The number of amides is 1. The van der Waals surface area contributed by atoms with Gasteiger partial charge in [-0.25, -0.2) is 0 Å². The lowest BCUT2D eigenvalue weighted by Gasteiger charge is -2.14. The molecule has 0 unspecified atom stereocenters. The molecule has 1 amide bonds. The van der Waals surface area contributed by atoms with Crippen molar-refractivity contribution in [3.05, 3.63) is 40.2 Å². The molecule has 0 aliphatic carbocycles. The van der Waals surface area contributed by atoms with E-state index in [9.17, 15) is 9.59 Å². The lowest BCUT2D eigenvalue weighted by atomic mass is 10.1. The molecule has 1 heterocycles. The maximum atomic E-state index is 12.5. The molecule has 3 N–H and O–H groups in total. The molecule has 0 bridgehead atoms. The molecule has 21 heavy (non-hydrogen) atoms. The van der Waals surface area contributed by atoms with Gasteiger partial charge in [0.2, 0.25) is 5.43 Å². The normalized spacial score (nSPS) is 10.8. The maximum Gasteiger partial charge on any atom is 0.256 e. The first-order chi connectivity index (χ1) is 10.1. The van der Waals surface area contributed by atoms with Gasteiger partial charge < -0.3 is 15.6 Å². The number of fused-ring (bicyclic) bond motifs is 1. The summed E-state index contributed by atoms with van der Waals surface area (Å²) in [6.45, 7) is 2.90. The Morgan fingerprint density at radius 1 is 1.33 bits per heavy atom.